The summed E-state index contributed by atoms with van der Waals surface area (Å²) in [6.45, 7) is 0. The molecule has 3 N–H and O–H groups in total. The molecule has 0 saturated carbocycles. The van der Waals surface area contributed by atoms with Crippen LogP contribution in [0.25, 0.3) is 0 Å². The van der Waals surface area contributed by atoms with Crippen molar-refractivity contribution in [1.82, 2.24) is 5.32 Å². The lowest BCUT2D eigenvalue weighted by Gasteiger charge is -2.24. The van der Waals surface area contributed by atoms with E-state index in [1.165, 1.54) is 36.4 Å². The quantitative estimate of drug-likeness (QED) is 0.835. The lowest BCUT2D eigenvalue weighted by Crippen LogP contribution is -2.40. The van der Waals surface area contributed by atoms with Crippen LogP contribution in [0.3, 0.4) is 0 Å². The van der Waals surface area contributed by atoms with Crippen molar-refractivity contribution in [1.29, 1.82) is 0 Å². The zero-order chi connectivity index (χ0) is 18.2. The summed E-state index contributed by atoms with van der Waals surface area (Å²) in [5.74, 6) is -1.10. The largest absolute Gasteiger partial charge is 0.416 e. The molecule has 4 nitrogen and oxygen atoms in total. The normalized spacial score (nSPS) is 20.3. The molecular formula is C17H13F4N3O. The van der Waals surface area contributed by atoms with E-state index in [0.717, 1.165) is 12.1 Å². The van der Waals surface area contributed by atoms with Crippen LogP contribution < -0.4 is 11.1 Å². The molecule has 0 saturated heterocycles. The van der Waals surface area contributed by atoms with Crippen molar-refractivity contribution in [2.24, 2.45) is 10.7 Å². The molecule has 2 aromatic carbocycles. The predicted molar refractivity (Wildman–Crippen MR) is 83.0 cm³/mol. The molecule has 1 atom stereocenters. The second-order valence-corrected chi connectivity index (χ2v) is 5.69. The zero-order valence-corrected chi connectivity index (χ0v) is 12.8. The van der Waals surface area contributed by atoms with E-state index in [-0.39, 0.29) is 12.4 Å². The third-order valence-corrected chi connectivity index (χ3v) is 3.99. The van der Waals surface area contributed by atoms with E-state index >= 15 is 0 Å². The number of halogens is 4. The highest BCUT2D eigenvalue weighted by Crippen LogP contribution is 2.35. The number of nitrogens with one attached hydrogen (secondary N) is 1. The van der Waals surface area contributed by atoms with Crippen LogP contribution in [0.4, 0.5) is 17.6 Å². The van der Waals surface area contributed by atoms with Gasteiger partial charge in [-0.05, 0) is 35.4 Å². The van der Waals surface area contributed by atoms with E-state index in [9.17, 15) is 22.4 Å². The van der Waals surface area contributed by atoms with Crippen LogP contribution in [0, 0.1) is 5.82 Å². The summed E-state index contributed by atoms with van der Waals surface area (Å²) in [7, 11) is 0. The van der Waals surface area contributed by atoms with Gasteiger partial charge in [0.2, 0.25) is 0 Å². The van der Waals surface area contributed by atoms with Gasteiger partial charge in [-0.3, -0.25) is 10.1 Å². The monoisotopic (exact) mass is 351 g/mol. The summed E-state index contributed by atoms with van der Waals surface area (Å²) in [4.78, 5) is 16.6. The van der Waals surface area contributed by atoms with Crippen molar-refractivity contribution < 1.29 is 22.4 Å². The number of alkyl halides is 3. The van der Waals surface area contributed by atoms with Gasteiger partial charge in [0, 0.05) is 6.42 Å². The zero-order valence-electron chi connectivity index (χ0n) is 12.8. The Morgan fingerprint density at radius 1 is 1.04 bits per heavy atom. The van der Waals surface area contributed by atoms with E-state index in [1.54, 1.807) is 0 Å². The molecule has 0 fully saturated rings. The van der Waals surface area contributed by atoms with Crippen LogP contribution in [0.5, 0.6) is 0 Å². The molecular weight excluding hydrogens is 338 g/mol. The predicted octanol–water partition coefficient (Wildman–Crippen LogP) is 2.73. The number of hydrogen-bond donors (Lipinski definition) is 2. The van der Waals surface area contributed by atoms with Crippen LogP contribution >= 0.6 is 0 Å². The first-order chi connectivity index (χ1) is 11.7. The maximum atomic E-state index is 13.2. The van der Waals surface area contributed by atoms with Crippen molar-refractivity contribution in [2.45, 2.75) is 18.1 Å². The van der Waals surface area contributed by atoms with E-state index in [4.69, 9.17) is 5.73 Å². The second kappa shape index (κ2) is 5.87. The fourth-order valence-electron chi connectivity index (χ4n) is 2.75. The first kappa shape index (κ1) is 16.9. The van der Waals surface area contributed by atoms with E-state index in [2.05, 4.69) is 10.3 Å². The van der Waals surface area contributed by atoms with Gasteiger partial charge in [-0.15, -0.1) is 0 Å². The Balaban J connectivity index is 2.00. The summed E-state index contributed by atoms with van der Waals surface area (Å²) in [5, 5.41) is 2.39. The van der Waals surface area contributed by atoms with Crippen LogP contribution in [-0.2, 0) is 22.9 Å². The number of guanidine groups is 1. The van der Waals surface area contributed by atoms with Gasteiger partial charge in [-0.25, -0.2) is 9.38 Å². The van der Waals surface area contributed by atoms with Crippen molar-refractivity contribution in [2.75, 3.05) is 0 Å². The molecule has 25 heavy (non-hydrogen) atoms. The molecule has 0 aliphatic carbocycles. The molecule has 0 radical (unpaired) electrons. The van der Waals surface area contributed by atoms with Gasteiger partial charge < -0.3 is 5.73 Å². The Hall–Kier alpha value is -2.90. The Labute approximate surface area is 140 Å². The highest BCUT2D eigenvalue weighted by molar-refractivity contribution is 6.07. The third kappa shape index (κ3) is 3.19. The highest BCUT2D eigenvalue weighted by Gasteiger charge is 2.45. The minimum Gasteiger partial charge on any atom is -0.370 e. The van der Waals surface area contributed by atoms with Crippen LogP contribution in [0.2, 0.25) is 0 Å². The average molecular weight is 351 g/mol. The number of carbonyl (C=O) groups is 1. The molecule has 0 bridgehead atoms. The lowest BCUT2D eigenvalue weighted by molar-refractivity contribution is -0.137. The Morgan fingerprint density at radius 3 is 2.12 bits per heavy atom. The molecule has 1 amide bonds. The molecule has 1 aliphatic heterocycles. The summed E-state index contributed by atoms with van der Waals surface area (Å²) >= 11 is 0. The van der Waals surface area contributed by atoms with E-state index in [0.29, 0.717) is 11.1 Å². The number of rotatable bonds is 3. The van der Waals surface area contributed by atoms with Crippen LogP contribution in [0.15, 0.2) is 53.5 Å². The van der Waals surface area contributed by atoms with Crippen molar-refractivity contribution in [3.63, 3.8) is 0 Å². The number of amides is 1. The standard InChI is InChI=1S/C17H13F4N3O/c18-13-7-5-11(6-8-13)16(14(25)23-15(22)24-16)9-10-1-3-12(4-2-10)17(19,20)21/h1-8H,9H2,(H3,22,23,24,25). The maximum Gasteiger partial charge on any atom is 0.416 e. The number of benzene rings is 2. The fraction of sp³-hybridized carbons (Fsp3) is 0.176. The topological polar surface area (TPSA) is 67.5 Å². The molecule has 1 unspecified atom stereocenters. The fourth-order valence-corrected chi connectivity index (χ4v) is 2.75. The van der Waals surface area contributed by atoms with Gasteiger partial charge >= 0.3 is 6.18 Å². The summed E-state index contributed by atoms with van der Waals surface area (Å²) in [5.41, 5.74) is 4.22. The molecule has 1 aliphatic rings. The second-order valence-electron chi connectivity index (χ2n) is 5.69. The molecule has 0 aromatic heterocycles. The molecule has 0 spiro atoms. The number of nitrogens with two attached hydrogens (primary N) is 1. The Kier molecular flexibility index (Phi) is 3.98. The lowest BCUT2D eigenvalue weighted by atomic mass is 9.84. The summed E-state index contributed by atoms with van der Waals surface area (Å²) < 4.78 is 51.2. The third-order valence-electron chi connectivity index (χ3n) is 3.99. The number of carbonyl (C=O) groups excluding carboxylic acids is 1. The van der Waals surface area contributed by atoms with Gasteiger partial charge in [0.05, 0.1) is 5.56 Å². The average Bonchev–Trinajstić information content (AvgIpc) is 2.82. The van der Waals surface area contributed by atoms with Gasteiger partial charge in [0.25, 0.3) is 5.91 Å². The number of aliphatic imine (C=N–C) groups is 1. The van der Waals surface area contributed by atoms with Gasteiger partial charge in [0.1, 0.15) is 5.82 Å². The van der Waals surface area contributed by atoms with Crippen molar-refractivity contribution in [3.8, 4) is 0 Å². The van der Waals surface area contributed by atoms with Gasteiger partial charge in [-0.2, -0.15) is 13.2 Å². The number of hydrogen-bond acceptors (Lipinski definition) is 3. The summed E-state index contributed by atoms with van der Waals surface area (Å²) in [6.07, 6.45) is -4.45. The van der Waals surface area contributed by atoms with Gasteiger partial charge in [0.15, 0.2) is 11.5 Å². The highest BCUT2D eigenvalue weighted by atomic mass is 19.4. The van der Waals surface area contributed by atoms with Crippen LogP contribution in [0.1, 0.15) is 16.7 Å². The molecule has 3 rings (SSSR count). The SMILES string of the molecule is NC1=NC(Cc2ccc(C(F)(F)F)cc2)(c2ccc(F)cc2)C(=O)N1. The van der Waals surface area contributed by atoms with Crippen molar-refractivity contribution >= 4 is 11.9 Å². The first-order valence-corrected chi connectivity index (χ1v) is 7.30. The van der Waals surface area contributed by atoms with E-state index < -0.39 is 29.0 Å². The summed E-state index contributed by atoms with van der Waals surface area (Å²) in [6, 6.07) is 9.61. The van der Waals surface area contributed by atoms with Crippen molar-refractivity contribution in [3.05, 3.63) is 71.0 Å². The Morgan fingerprint density at radius 2 is 1.64 bits per heavy atom. The maximum absolute atomic E-state index is 13.2. The van der Waals surface area contributed by atoms with Gasteiger partial charge in [-0.1, -0.05) is 24.3 Å². The van der Waals surface area contributed by atoms with E-state index in [1.807, 2.05) is 0 Å². The minimum atomic E-state index is -4.44. The molecule has 1 heterocycles. The minimum absolute atomic E-state index is 0.0106. The molecule has 130 valence electrons. The van der Waals surface area contributed by atoms with Crippen LogP contribution in [-0.4, -0.2) is 11.9 Å². The Bertz CT molecular complexity index is 828. The molecule has 2 aromatic rings. The first-order valence-electron chi connectivity index (χ1n) is 7.30. The molecule has 8 heteroatoms. The number of nitrogens with zero attached hydrogens (tertiary/aromatic N) is 1. The smallest absolute Gasteiger partial charge is 0.370 e.